The highest BCUT2D eigenvalue weighted by Gasteiger charge is 2.18. The molecule has 1 aromatic rings. The van der Waals surface area contributed by atoms with E-state index in [4.69, 9.17) is 9.47 Å². The van der Waals surface area contributed by atoms with Crippen molar-refractivity contribution in [3.63, 3.8) is 0 Å². The largest absolute Gasteiger partial charge is 0.497 e. The highest BCUT2D eigenvalue weighted by Crippen LogP contribution is 2.25. The van der Waals surface area contributed by atoms with Crippen LogP contribution in [0.3, 0.4) is 0 Å². The second kappa shape index (κ2) is 7.17. The van der Waals surface area contributed by atoms with Gasteiger partial charge in [-0.15, -0.1) is 0 Å². The first-order chi connectivity index (χ1) is 10.1. The van der Waals surface area contributed by atoms with Gasteiger partial charge in [-0.1, -0.05) is 0 Å². The van der Waals surface area contributed by atoms with Gasteiger partial charge in [-0.3, -0.25) is 0 Å². The van der Waals surface area contributed by atoms with Crippen molar-refractivity contribution >= 4 is 11.7 Å². The van der Waals surface area contributed by atoms with Crippen molar-refractivity contribution < 1.29 is 14.3 Å². The van der Waals surface area contributed by atoms with Crippen LogP contribution in [0.4, 0.5) is 10.5 Å². The summed E-state index contributed by atoms with van der Waals surface area (Å²) in [5.41, 5.74) is 0.650. The van der Waals surface area contributed by atoms with Gasteiger partial charge in [0, 0.05) is 29.9 Å². The van der Waals surface area contributed by atoms with Gasteiger partial charge >= 0.3 is 6.03 Å². The molecule has 1 heterocycles. The summed E-state index contributed by atoms with van der Waals surface area (Å²) in [6, 6.07) is 5.32. The molecule has 116 valence electrons. The fourth-order valence-corrected chi connectivity index (χ4v) is 2.39. The third-order valence-electron chi connectivity index (χ3n) is 3.66. The van der Waals surface area contributed by atoms with E-state index in [1.165, 1.54) is 0 Å². The third kappa shape index (κ3) is 4.53. The Morgan fingerprint density at radius 1 is 1.14 bits per heavy atom. The molecule has 0 aliphatic carbocycles. The van der Waals surface area contributed by atoms with Gasteiger partial charge in [-0.25, -0.2) is 4.79 Å². The maximum atomic E-state index is 12.0. The molecule has 1 saturated heterocycles. The van der Waals surface area contributed by atoms with Crippen molar-refractivity contribution in [3.8, 4) is 11.5 Å². The van der Waals surface area contributed by atoms with Crippen molar-refractivity contribution in [1.29, 1.82) is 0 Å². The Labute approximate surface area is 125 Å². The first-order valence-corrected chi connectivity index (χ1v) is 7.10. The second-order valence-corrected chi connectivity index (χ2v) is 5.28. The summed E-state index contributed by atoms with van der Waals surface area (Å²) < 4.78 is 10.4. The molecule has 6 nitrogen and oxygen atoms in total. The summed E-state index contributed by atoms with van der Waals surface area (Å²) in [6.07, 6.45) is 1.96. The van der Waals surface area contributed by atoms with Crippen molar-refractivity contribution in [2.75, 3.05) is 39.7 Å². The van der Waals surface area contributed by atoms with E-state index in [-0.39, 0.29) is 12.1 Å². The topological polar surface area (TPSA) is 62.8 Å². The maximum absolute atomic E-state index is 12.0. The van der Waals surface area contributed by atoms with Gasteiger partial charge in [-0.05, 0) is 33.0 Å². The van der Waals surface area contributed by atoms with Crippen LogP contribution in [0.15, 0.2) is 18.2 Å². The quantitative estimate of drug-likeness (QED) is 0.890. The summed E-state index contributed by atoms with van der Waals surface area (Å²) in [5, 5.41) is 5.83. The summed E-state index contributed by atoms with van der Waals surface area (Å²) in [7, 11) is 5.26. The van der Waals surface area contributed by atoms with Crippen LogP contribution in [-0.2, 0) is 0 Å². The van der Waals surface area contributed by atoms with Crippen LogP contribution >= 0.6 is 0 Å². The number of urea groups is 1. The SMILES string of the molecule is COc1cc(NC(=O)NC2CCN(C)CC2)cc(OC)c1. The maximum Gasteiger partial charge on any atom is 0.319 e. The number of likely N-dealkylation sites (tertiary alicyclic amines) is 1. The van der Waals surface area contributed by atoms with Crippen LogP contribution in [0.1, 0.15) is 12.8 Å². The van der Waals surface area contributed by atoms with Crippen LogP contribution in [0.2, 0.25) is 0 Å². The lowest BCUT2D eigenvalue weighted by Crippen LogP contribution is -2.44. The van der Waals surface area contributed by atoms with Crippen LogP contribution in [0, 0.1) is 0 Å². The Bertz CT molecular complexity index is 463. The molecule has 0 unspecified atom stereocenters. The number of piperidine rings is 1. The molecule has 0 atom stereocenters. The molecule has 0 bridgehead atoms. The molecule has 2 amide bonds. The van der Waals surface area contributed by atoms with E-state index in [9.17, 15) is 4.79 Å². The Hall–Kier alpha value is -1.95. The molecule has 0 radical (unpaired) electrons. The molecule has 1 fully saturated rings. The highest BCUT2D eigenvalue weighted by molar-refractivity contribution is 5.90. The van der Waals surface area contributed by atoms with Gasteiger partial charge in [0.15, 0.2) is 0 Å². The summed E-state index contributed by atoms with van der Waals surface area (Å²) in [6.45, 7) is 2.02. The van der Waals surface area contributed by atoms with Crippen molar-refractivity contribution in [2.45, 2.75) is 18.9 Å². The molecule has 0 saturated carbocycles. The second-order valence-electron chi connectivity index (χ2n) is 5.28. The van der Waals surface area contributed by atoms with Gasteiger partial charge in [0.1, 0.15) is 11.5 Å². The fraction of sp³-hybridized carbons (Fsp3) is 0.533. The van der Waals surface area contributed by atoms with E-state index in [2.05, 4.69) is 22.6 Å². The zero-order valence-electron chi connectivity index (χ0n) is 12.8. The number of anilines is 1. The summed E-state index contributed by atoms with van der Waals surface area (Å²) >= 11 is 0. The minimum atomic E-state index is -0.195. The lowest BCUT2D eigenvalue weighted by molar-refractivity contribution is 0.221. The number of hydrogen-bond acceptors (Lipinski definition) is 4. The highest BCUT2D eigenvalue weighted by atomic mass is 16.5. The lowest BCUT2D eigenvalue weighted by Gasteiger charge is -2.29. The van der Waals surface area contributed by atoms with E-state index in [0.29, 0.717) is 17.2 Å². The van der Waals surface area contributed by atoms with Gasteiger partial charge in [0.25, 0.3) is 0 Å². The Kier molecular flexibility index (Phi) is 5.27. The van der Waals surface area contributed by atoms with Crippen LogP contribution in [-0.4, -0.2) is 51.3 Å². The minimum Gasteiger partial charge on any atom is -0.497 e. The van der Waals surface area contributed by atoms with Gasteiger partial charge in [0.2, 0.25) is 0 Å². The number of carbonyl (C=O) groups excluding carboxylic acids is 1. The number of methoxy groups -OCH3 is 2. The Morgan fingerprint density at radius 3 is 2.24 bits per heavy atom. The Morgan fingerprint density at radius 2 is 1.71 bits per heavy atom. The molecule has 2 rings (SSSR count). The molecule has 1 aromatic carbocycles. The third-order valence-corrected chi connectivity index (χ3v) is 3.66. The van der Waals surface area contributed by atoms with Crippen molar-refractivity contribution in [3.05, 3.63) is 18.2 Å². The predicted octanol–water partition coefficient (Wildman–Crippen LogP) is 1.92. The van der Waals surface area contributed by atoms with E-state index in [1.54, 1.807) is 32.4 Å². The normalized spacial score (nSPS) is 16.3. The number of hydrogen-bond donors (Lipinski definition) is 2. The molecule has 1 aliphatic heterocycles. The van der Waals surface area contributed by atoms with Gasteiger partial charge in [-0.2, -0.15) is 0 Å². The number of nitrogens with one attached hydrogen (secondary N) is 2. The number of nitrogens with zero attached hydrogens (tertiary/aromatic N) is 1. The number of rotatable bonds is 4. The van der Waals surface area contributed by atoms with Crippen molar-refractivity contribution in [1.82, 2.24) is 10.2 Å². The van der Waals surface area contributed by atoms with E-state index < -0.39 is 0 Å². The van der Waals surface area contributed by atoms with Crippen molar-refractivity contribution in [2.24, 2.45) is 0 Å². The van der Waals surface area contributed by atoms with Crippen LogP contribution in [0.25, 0.3) is 0 Å². The molecule has 2 N–H and O–H groups in total. The standard InChI is InChI=1S/C15H23N3O3/c1-18-6-4-11(5-7-18)16-15(19)17-12-8-13(20-2)10-14(9-12)21-3/h8-11H,4-7H2,1-3H3,(H2,16,17,19). The number of benzene rings is 1. The van der Waals surface area contributed by atoms with Gasteiger partial charge in [0.05, 0.1) is 14.2 Å². The zero-order chi connectivity index (χ0) is 15.2. The average Bonchev–Trinajstić information content (AvgIpc) is 2.49. The smallest absolute Gasteiger partial charge is 0.319 e. The molecule has 0 aromatic heterocycles. The number of ether oxygens (including phenoxy) is 2. The first kappa shape index (κ1) is 15.4. The monoisotopic (exact) mass is 293 g/mol. The number of carbonyl (C=O) groups is 1. The average molecular weight is 293 g/mol. The molecular formula is C15H23N3O3. The van der Waals surface area contributed by atoms with E-state index >= 15 is 0 Å². The van der Waals surface area contributed by atoms with Crippen LogP contribution < -0.4 is 20.1 Å². The molecule has 6 heteroatoms. The predicted molar refractivity (Wildman–Crippen MR) is 82.2 cm³/mol. The van der Waals surface area contributed by atoms with Crippen LogP contribution in [0.5, 0.6) is 11.5 Å². The fourth-order valence-electron chi connectivity index (χ4n) is 2.39. The Balaban J connectivity index is 1.93. The van der Waals surface area contributed by atoms with Gasteiger partial charge < -0.3 is 25.0 Å². The summed E-state index contributed by atoms with van der Waals surface area (Å²) in [5.74, 6) is 1.29. The van der Waals surface area contributed by atoms with E-state index in [1.807, 2.05) is 0 Å². The minimum absolute atomic E-state index is 0.195. The zero-order valence-corrected chi connectivity index (χ0v) is 12.8. The molecular weight excluding hydrogens is 270 g/mol. The van der Waals surface area contributed by atoms with E-state index in [0.717, 1.165) is 25.9 Å². The number of amides is 2. The first-order valence-electron chi connectivity index (χ1n) is 7.10. The summed E-state index contributed by atoms with van der Waals surface area (Å²) in [4.78, 5) is 14.3. The molecule has 0 spiro atoms. The molecule has 21 heavy (non-hydrogen) atoms. The lowest BCUT2D eigenvalue weighted by atomic mass is 10.1. The molecule has 1 aliphatic rings.